The fourth-order valence-electron chi connectivity index (χ4n) is 5.01. The number of piperidine rings is 2. The Hall–Kier alpha value is -2.30. The number of carbonyl (C=O) groups excluding carboxylic acids is 1. The maximum absolute atomic E-state index is 13.5. The zero-order chi connectivity index (χ0) is 26.7. The Morgan fingerprint density at radius 2 is 1.70 bits per heavy atom. The maximum atomic E-state index is 13.5. The number of carbonyl (C=O) groups is 1. The van der Waals surface area contributed by atoms with E-state index in [1.807, 2.05) is 4.90 Å². The maximum Gasteiger partial charge on any atom is 0.416 e. The highest BCUT2D eigenvalue weighted by Gasteiger charge is 2.43. The van der Waals surface area contributed by atoms with Crippen LogP contribution in [0.2, 0.25) is 5.02 Å². The highest BCUT2D eigenvalue weighted by atomic mass is 35.5. The molecule has 2 aromatic carbocycles. The molecule has 2 aliphatic heterocycles. The molecule has 0 aromatic heterocycles. The molecule has 2 saturated heterocycles. The van der Waals surface area contributed by atoms with Gasteiger partial charge in [0, 0.05) is 43.0 Å². The Morgan fingerprint density at radius 3 is 2.38 bits per heavy atom. The highest BCUT2D eigenvalue weighted by molar-refractivity contribution is 7.89. The minimum absolute atomic E-state index is 0.0290. The zero-order valence-electron chi connectivity index (χ0n) is 20.3. The van der Waals surface area contributed by atoms with Crippen LogP contribution in [-0.2, 0) is 21.0 Å². The van der Waals surface area contributed by atoms with Crippen molar-refractivity contribution in [3.05, 3.63) is 59.1 Å². The minimum atomic E-state index is -4.66. The van der Waals surface area contributed by atoms with Crippen molar-refractivity contribution in [2.24, 2.45) is 5.41 Å². The minimum Gasteiger partial charge on any atom is -0.493 e. The third kappa shape index (κ3) is 6.78. The average molecular weight is 559 g/mol. The first-order chi connectivity index (χ1) is 17.5. The van der Waals surface area contributed by atoms with E-state index in [4.69, 9.17) is 16.3 Å². The van der Waals surface area contributed by atoms with Gasteiger partial charge in [-0.05, 0) is 74.6 Å². The Morgan fingerprint density at radius 1 is 1.00 bits per heavy atom. The normalized spacial score (nSPS) is 21.6. The summed E-state index contributed by atoms with van der Waals surface area (Å²) in [5, 5.41) is 0.540. The number of sulfonamides is 1. The molecule has 11 heteroatoms. The summed E-state index contributed by atoms with van der Waals surface area (Å²) in [5.74, 6) is 0.477. The number of hydrogen-bond acceptors (Lipinski definition) is 4. The largest absolute Gasteiger partial charge is 0.493 e. The second-order valence-corrected chi connectivity index (χ2v) is 12.2. The Kier molecular flexibility index (Phi) is 8.40. The SMILES string of the molecule is O=C(C[C@]1(COc2ccc(Cl)cc2)CCCN(S(=O)(=O)c2cccc(C(F)(F)F)c2)C1)N1CCCCC1. The van der Waals surface area contributed by atoms with E-state index in [0.717, 1.165) is 31.4 Å². The van der Waals surface area contributed by atoms with E-state index in [-0.39, 0.29) is 32.0 Å². The van der Waals surface area contributed by atoms with Gasteiger partial charge in [0.05, 0.1) is 17.1 Å². The van der Waals surface area contributed by atoms with Gasteiger partial charge in [-0.25, -0.2) is 8.42 Å². The molecule has 0 unspecified atom stereocenters. The molecule has 0 radical (unpaired) electrons. The van der Waals surface area contributed by atoms with Gasteiger partial charge < -0.3 is 9.64 Å². The summed E-state index contributed by atoms with van der Waals surface area (Å²) >= 11 is 5.96. The summed E-state index contributed by atoms with van der Waals surface area (Å²) in [4.78, 5) is 14.7. The molecule has 2 fully saturated rings. The Balaban J connectivity index is 1.60. The van der Waals surface area contributed by atoms with Gasteiger partial charge in [0.15, 0.2) is 0 Å². The predicted octanol–water partition coefficient (Wildman–Crippen LogP) is 5.61. The predicted molar refractivity (Wildman–Crippen MR) is 134 cm³/mol. The number of hydrogen-bond donors (Lipinski definition) is 0. The quantitative estimate of drug-likeness (QED) is 0.443. The van der Waals surface area contributed by atoms with Crippen LogP contribution in [0.4, 0.5) is 13.2 Å². The van der Waals surface area contributed by atoms with Gasteiger partial charge in [0.1, 0.15) is 5.75 Å². The van der Waals surface area contributed by atoms with E-state index < -0.39 is 32.1 Å². The molecule has 0 aliphatic carbocycles. The number of ether oxygens (including phenoxy) is 1. The summed E-state index contributed by atoms with van der Waals surface area (Å²) in [6.45, 7) is 1.54. The molecule has 0 saturated carbocycles. The summed E-state index contributed by atoms with van der Waals surface area (Å²) in [5.41, 5.74) is -1.86. The van der Waals surface area contributed by atoms with E-state index >= 15 is 0 Å². The summed E-state index contributed by atoms with van der Waals surface area (Å²) in [6.07, 6.45) is -0.645. The molecule has 0 spiro atoms. The van der Waals surface area contributed by atoms with Crippen molar-refractivity contribution in [1.82, 2.24) is 9.21 Å². The molecule has 4 rings (SSSR count). The van der Waals surface area contributed by atoms with Gasteiger partial charge in [0.25, 0.3) is 0 Å². The molecule has 6 nitrogen and oxygen atoms in total. The van der Waals surface area contributed by atoms with Crippen molar-refractivity contribution in [3.63, 3.8) is 0 Å². The molecule has 1 atom stereocenters. The fraction of sp³-hybridized carbons (Fsp3) is 0.500. The van der Waals surface area contributed by atoms with Gasteiger partial charge in [-0.15, -0.1) is 0 Å². The van der Waals surface area contributed by atoms with Crippen molar-refractivity contribution in [1.29, 1.82) is 0 Å². The number of likely N-dealkylation sites (tertiary alicyclic amines) is 1. The van der Waals surface area contributed by atoms with Crippen molar-refractivity contribution in [2.45, 2.75) is 49.6 Å². The molecular weight excluding hydrogens is 529 g/mol. The monoisotopic (exact) mass is 558 g/mol. The lowest BCUT2D eigenvalue weighted by molar-refractivity contribution is -0.138. The fourth-order valence-corrected chi connectivity index (χ4v) is 6.77. The van der Waals surface area contributed by atoms with Crippen molar-refractivity contribution in [3.8, 4) is 5.75 Å². The molecule has 2 aromatic rings. The van der Waals surface area contributed by atoms with Crippen molar-refractivity contribution in [2.75, 3.05) is 32.8 Å². The number of amides is 1. The van der Waals surface area contributed by atoms with Crippen LogP contribution in [0.1, 0.15) is 44.1 Å². The molecule has 2 aliphatic rings. The second-order valence-electron chi connectivity index (χ2n) is 9.83. The van der Waals surface area contributed by atoms with E-state index in [1.165, 1.54) is 10.4 Å². The molecule has 0 N–H and O–H groups in total. The molecule has 37 heavy (non-hydrogen) atoms. The van der Waals surface area contributed by atoms with Crippen LogP contribution in [0, 0.1) is 5.41 Å². The van der Waals surface area contributed by atoms with Gasteiger partial charge in [-0.3, -0.25) is 4.79 Å². The number of alkyl halides is 3. The van der Waals surface area contributed by atoms with Crippen LogP contribution in [-0.4, -0.2) is 56.3 Å². The smallest absolute Gasteiger partial charge is 0.416 e. The van der Waals surface area contributed by atoms with Gasteiger partial charge >= 0.3 is 6.18 Å². The van der Waals surface area contributed by atoms with E-state index in [1.54, 1.807) is 24.3 Å². The Labute approximate surface area is 220 Å². The number of halogens is 4. The Bertz CT molecular complexity index is 1200. The molecule has 2 heterocycles. The van der Waals surface area contributed by atoms with E-state index in [0.29, 0.717) is 42.8 Å². The number of rotatable bonds is 7. The molecule has 0 bridgehead atoms. The van der Waals surface area contributed by atoms with Crippen molar-refractivity contribution < 1.29 is 31.1 Å². The molecular formula is C26H30ClF3N2O4S. The number of benzene rings is 2. The van der Waals surface area contributed by atoms with Gasteiger partial charge in [-0.2, -0.15) is 17.5 Å². The first-order valence-electron chi connectivity index (χ1n) is 12.3. The van der Waals surface area contributed by atoms with Crippen LogP contribution < -0.4 is 4.74 Å². The lowest BCUT2D eigenvalue weighted by atomic mass is 9.78. The highest BCUT2D eigenvalue weighted by Crippen LogP contribution is 2.38. The van der Waals surface area contributed by atoms with E-state index in [9.17, 15) is 26.4 Å². The average Bonchev–Trinajstić information content (AvgIpc) is 2.88. The third-order valence-corrected chi connectivity index (χ3v) is 9.11. The first-order valence-corrected chi connectivity index (χ1v) is 14.1. The summed E-state index contributed by atoms with van der Waals surface area (Å²) < 4.78 is 73.9. The first kappa shape index (κ1) is 27.7. The van der Waals surface area contributed by atoms with Crippen LogP contribution in [0.15, 0.2) is 53.4 Å². The lowest BCUT2D eigenvalue weighted by Gasteiger charge is -2.42. The summed E-state index contributed by atoms with van der Waals surface area (Å²) in [6, 6.07) is 10.5. The van der Waals surface area contributed by atoms with E-state index in [2.05, 4.69) is 0 Å². The van der Waals surface area contributed by atoms with Crippen molar-refractivity contribution >= 4 is 27.5 Å². The third-order valence-electron chi connectivity index (χ3n) is 7.02. The van der Waals surface area contributed by atoms with Crippen LogP contribution in [0.25, 0.3) is 0 Å². The standard InChI is InChI=1S/C26H30ClF3N2O4S/c27-21-8-10-22(11-9-21)36-19-25(17-24(33)31-13-2-1-3-14-31)12-5-15-32(18-25)37(34,35)23-7-4-6-20(16-23)26(28,29)30/h4,6-11,16H,1-3,5,12-15,17-19H2/t25-/m1/s1. The van der Waals surface area contributed by atoms with Gasteiger partial charge in [-0.1, -0.05) is 17.7 Å². The number of nitrogens with zero attached hydrogens (tertiary/aromatic N) is 2. The lowest BCUT2D eigenvalue weighted by Crippen LogP contribution is -2.51. The van der Waals surface area contributed by atoms with Crippen LogP contribution in [0.5, 0.6) is 5.75 Å². The summed E-state index contributed by atoms with van der Waals surface area (Å²) in [7, 11) is -4.23. The van der Waals surface area contributed by atoms with Gasteiger partial charge in [0.2, 0.25) is 15.9 Å². The molecule has 202 valence electrons. The second kappa shape index (κ2) is 11.2. The molecule has 1 amide bonds. The zero-order valence-corrected chi connectivity index (χ0v) is 21.9. The van der Waals surface area contributed by atoms with Crippen LogP contribution >= 0.6 is 11.6 Å². The topological polar surface area (TPSA) is 66.9 Å². The van der Waals surface area contributed by atoms with Crippen LogP contribution in [0.3, 0.4) is 0 Å².